The highest BCUT2D eigenvalue weighted by Crippen LogP contribution is 2.17. The van der Waals surface area contributed by atoms with Gasteiger partial charge in [-0.1, -0.05) is 24.3 Å². The van der Waals surface area contributed by atoms with Crippen molar-refractivity contribution in [1.82, 2.24) is 4.90 Å². The summed E-state index contributed by atoms with van der Waals surface area (Å²) in [7, 11) is 1.44. The molecular weight excluding hydrogens is 297 g/mol. The van der Waals surface area contributed by atoms with Crippen LogP contribution in [0, 0.1) is 5.82 Å². The van der Waals surface area contributed by atoms with Gasteiger partial charge in [0, 0.05) is 13.1 Å². The first-order valence-electron chi connectivity index (χ1n) is 7.66. The first kappa shape index (κ1) is 19.0. The van der Waals surface area contributed by atoms with E-state index in [1.807, 2.05) is 20.8 Å². The molecule has 1 amide bonds. The Labute approximate surface area is 137 Å². The molecule has 0 bridgehead atoms. The maximum absolute atomic E-state index is 12.5. The van der Waals surface area contributed by atoms with E-state index in [-0.39, 0.29) is 17.7 Å². The first-order valence-corrected chi connectivity index (χ1v) is 7.66. The second-order valence-electron chi connectivity index (χ2n) is 6.35. The van der Waals surface area contributed by atoms with Crippen molar-refractivity contribution in [2.75, 3.05) is 20.2 Å². The number of para-hydroxylation sites is 1. The lowest BCUT2D eigenvalue weighted by Gasteiger charge is -2.30. The van der Waals surface area contributed by atoms with Crippen LogP contribution in [-0.4, -0.2) is 36.8 Å². The summed E-state index contributed by atoms with van der Waals surface area (Å²) in [5.41, 5.74) is 0.829. The normalized spacial score (nSPS) is 14.7. The maximum Gasteiger partial charge on any atom is 0.410 e. The minimum atomic E-state index is -0.397. The molecule has 1 fully saturated rings. The SMILES string of the molecule is C=C1CCN(C(=O)OC(C)(C)C)CC1.COc1ccccc1F. The molecule has 0 N–H and O–H groups in total. The van der Waals surface area contributed by atoms with E-state index in [1.54, 1.807) is 23.1 Å². The van der Waals surface area contributed by atoms with Crippen LogP contribution < -0.4 is 4.74 Å². The van der Waals surface area contributed by atoms with Crippen LogP contribution in [0.1, 0.15) is 33.6 Å². The molecule has 0 saturated carbocycles. The molecule has 2 rings (SSSR count). The number of rotatable bonds is 1. The van der Waals surface area contributed by atoms with E-state index < -0.39 is 5.60 Å². The Morgan fingerprint density at radius 3 is 2.22 bits per heavy atom. The number of amides is 1. The van der Waals surface area contributed by atoms with Gasteiger partial charge >= 0.3 is 6.09 Å². The molecule has 1 aromatic rings. The van der Waals surface area contributed by atoms with E-state index in [0.717, 1.165) is 25.9 Å². The fourth-order valence-corrected chi connectivity index (χ4v) is 1.94. The van der Waals surface area contributed by atoms with Crippen molar-refractivity contribution in [3.63, 3.8) is 0 Å². The Morgan fingerprint density at radius 1 is 1.22 bits per heavy atom. The number of methoxy groups -OCH3 is 1. The average molecular weight is 323 g/mol. The number of piperidine rings is 1. The molecule has 0 atom stereocenters. The molecule has 0 radical (unpaired) electrons. The van der Waals surface area contributed by atoms with Gasteiger partial charge in [-0.15, -0.1) is 0 Å². The second kappa shape index (κ2) is 8.56. The fourth-order valence-electron chi connectivity index (χ4n) is 1.94. The van der Waals surface area contributed by atoms with Gasteiger partial charge in [-0.05, 0) is 45.7 Å². The first-order chi connectivity index (χ1) is 10.7. The summed E-state index contributed by atoms with van der Waals surface area (Å²) in [4.78, 5) is 13.3. The Morgan fingerprint density at radius 2 is 1.78 bits per heavy atom. The van der Waals surface area contributed by atoms with Crippen LogP contribution in [0.2, 0.25) is 0 Å². The van der Waals surface area contributed by atoms with Crippen molar-refractivity contribution in [2.24, 2.45) is 0 Å². The highest BCUT2D eigenvalue weighted by Gasteiger charge is 2.23. The average Bonchev–Trinajstić information content (AvgIpc) is 2.47. The summed E-state index contributed by atoms with van der Waals surface area (Å²) >= 11 is 0. The molecule has 4 nitrogen and oxygen atoms in total. The van der Waals surface area contributed by atoms with Gasteiger partial charge in [-0.25, -0.2) is 9.18 Å². The van der Waals surface area contributed by atoms with E-state index in [2.05, 4.69) is 11.3 Å². The molecule has 1 saturated heterocycles. The summed E-state index contributed by atoms with van der Waals surface area (Å²) in [5, 5.41) is 0. The lowest BCUT2D eigenvalue weighted by Crippen LogP contribution is -2.40. The zero-order valence-corrected chi connectivity index (χ0v) is 14.4. The predicted molar refractivity (Wildman–Crippen MR) is 89.1 cm³/mol. The highest BCUT2D eigenvalue weighted by atomic mass is 19.1. The van der Waals surface area contributed by atoms with Gasteiger partial charge in [0.25, 0.3) is 0 Å². The number of hydrogen-bond acceptors (Lipinski definition) is 3. The fraction of sp³-hybridized carbons (Fsp3) is 0.500. The molecule has 128 valence electrons. The highest BCUT2D eigenvalue weighted by molar-refractivity contribution is 5.68. The van der Waals surface area contributed by atoms with Gasteiger partial charge in [-0.2, -0.15) is 0 Å². The van der Waals surface area contributed by atoms with E-state index in [4.69, 9.17) is 4.74 Å². The zero-order valence-electron chi connectivity index (χ0n) is 14.4. The smallest absolute Gasteiger partial charge is 0.410 e. The van der Waals surface area contributed by atoms with Crippen molar-refractivity contribution in [3.8, 4) is 5.75 Å². The molecule has 0 aliphatic carbocycles. The second-order valence-corrected chi connectivity index (χ2v) is 6.35. The minimum absolute atomic E-state index is 0.204. The van der Waals surface area contributed by atoms with Crippen molar-refractivity contribution in [1.29, 1.82) is 0 Å². The predicted octanol–water partition coefficient (Wildman–Crippen LogP) is 4.41. The number of carbonyl (C=O) groups excluding carboxylic acids is 1. The minimum Gasteiger partial charge on any atom is -0.494 e. The van der Waals surface area contributed by atoms with Crippen molar-refractivity contribution in [3.05, 3.63) is 42.2 Å². The van der Waals surface area contributed by atoms with Gasteiger partial charge in [0.1, 0.15) is 5.60 Å². The van der Waals surface area contributed by atoms with Crippen LogP contribution in [0.5, 0.6) is 5.75 Å². The molecule has 0 spiro atoms. The molecule has 23 heavy (non-hydrogen) atoms. The molecule has 1 heterocycles. The van der Waals surface area contributed by atoms with E-state index in [9.17, 15) is 9.18 Å². The number of halogens is 1. The number of nitrogens with zero attached hydrogens (tertiary/aromatic N) is 1. The van der Waals surface area contributed by atoms with Crippen LogP contribution in [0.4, 0.5) is 9.18 Å². The van der Waals surface area contributed by atoms with Crippen LogP contribution in [-0.2, 0) is 4.74 Å². The van der Waals surface area contributed by atoms with E-state index in [1.165, 1.54) is 18.7 Å². The quantitative estimate of drug-likeness (QED) is 0.719. The Hall–Kier alpha value is -2.04. The number of carbonyl (C=O) groups is 1. The molecule has 1 aromatic carbocycles. The zero-order chi connectivity index (χ0) is 17.5. The molecule has 0 aromatic heterocycles. The largest absolute Gasteiger partial charge is 0.494 e. The van der Waals surface area contributed by atoms with Gasteiger partial charge in [0.05, 0.1) is 7.11 Å². The van der Waals surface area contributed by atoms with E-state index in [0.29, 0.717) is 0 Å². The third-order valence-electron chi connectivity index (χ3n) is 3.18. The molecule has 5 heteroatoms. The van der Waals surface area contributed by atoms with Gasteiger partial charge < -0.3 is 14.4 Å². The monoisotopic (exact) mass is 323 g/mol. The maximum atomic E-state index is 12.5. The van der Waals surface area contributed by atoms with Gasteiger partial charge in [0.2, 0.25) is 0 Å². The van der Waals surface area contributed by atoms with Gasteiger partial charge in [0.15, 0.2) is 11.6 Å². The molecular formula is C18H26FNO3. The summed E-state index contributed by atoms with van der Waals surface area (Å²) < 4.78 is 22.4. The summed E-state index contributed by atoms with van der Waals surface area (Å²) in [6.07, 6.45) is 1.60. The number of ether oxygens (including phenoxy) is 2. The third-order valence-corrected chi connectivity index (χ3v) is 3.18. The Bertz CT molecular complexity index is 527. The molecule has 1 aliphatic heterocycles. The van der Waals surface area contributed by atoms with Gasteiger partial charge in [-0.3, -0.25) is 0 Å². The summed E-state index contributed by atoms with van der Waals surface area (Å²) in [6, 6.07) is 6.29. The lowest BCUT2D eigenvalue weighted by molar-refractivity contribution is 0.0236. The van der Waals surface area contributed by atoms with Crippen molar-refractivity contribution in [2.45, 2.75) is 39.2 Å². The Balaban J connectivity index is 0.000000253. The lowest BCUT2D eigenvalue weighted by atomic mass is 10.1. The number of likely N-dealkylation sites (tertiary alicyclic amines) is 1. The standard InChI is InChI=1S/C11H19NO2.C7H7FO/c1-9-5-7-12(8-6-9)10(13)14-11(2,3)4;1-9-7-5-3-2-4-6(7)8/h1,5-8H2,2-4H3;2-5H,1H3. The number of hydrogen-bond donors (Lipinski definition) is 0. The van der Waals surface area contributed by atoms with Crippen LogP contribution >= 0.6 is 0 Å². The van der Waals surface area contributed by atoms with Crippen LogP contribution in [0.15, 0.2) is 36.4 Å². The van der Waals surface area contributed by atoms with Crippen LogP contribution in [0.25, 0.3) is 0 Å². The Kier molecular flexibility index (Phi) is 7.07. The third kappa shape index (κ3) is 7.17. The summed E-state index contributed by atoms with van der Waals surface area (Å²) in [6.45, 7) is 11.0. The molecule has 0 unspecified atom stereocenters. The molecule has 1 aliphatic rings. The van der Waals surface area contributed by atoms with E-state index >= 15 is 0 Å². The van der Waals surface area contributed by atoms with Crippen molar-refractivity contribution >= 4 is 6.09 Å². The topological polar surface area (TPSA) is 38.8 Å². The summed E-state index contributed by atoms with van der Waals surface area (Å²) in [5.74, 6) is -0.0301. The number of benzene rings is 1. The van der Waals surface area contributed by atoms with Crippen LogP contribution in [0.3, 0.4) is 0 Å². The van der Waals surface area contributed by atoms with Crippen molar-refractivity contribution < 1.29 is 18.7 Å².